The standard InChI is InChI=1S/C51H30N4OS/c1-2-11-31(12-3-1)33-23-27-37-36-13-4-7-17-42(36)55(43(37)29-33)35-25-21-32(22-26-35)49-52-50(34-24-28-39-38-14-5-8-18-44(38)56-45(39)30-34)54-51(53-49)41-16-10-20-47-48(41)40-15-6-9-19-46(40)57-47/h1-30H. The van der Waals surface area contributed by atoms with Crippen molar-refractivity contribution in [1.82, 2.24) is 19.5 Å². The highest BCUT2D eigenvalue weighted by atomic mass is 32.1. The van der Waals surface area contributed by atoms with E-state index in [0.29, 0.717) is 17.5 Å². The van der Waals surface area contributed by atoms with Gasteiger partial charge in [-0.1, -0.05) is 115 Å². The molecule has 12 rings (SSSR count). The first-order chi connectivity index (χ1) is 28.2. The van der Waals surface area contributed by atoms with E-state index in [1.807, 2.05) is 24.3 Å². The highest BCUT2D eigenvalue weighted by Crippen LogP contribution is 2.41. The molecular weight excluding hydrogens is 717 g/mol. The van der Waals surface area contributed by atoms with E-state index in [1.54, 1.807) is 11.3 Å². The number of benzene rings is 8. The summed E-state index contributed by atoms with van der Waals surface area (Å²) in [4.78, 5) is 15.6. The summed E-state index contributed by atoms with van der Waals surface area (Å²) in [6, 6.07) is 63.9. The van der Waals surface area contributed by atoms with Crippen molar-refractivity contribution in [2.24, 2.45) is 0 Å². The van der Waals surface area contributed by atoms with Crippen LogP contribution in [0, 0.1) is 0 Å². The van der Waals surface area contributed by atoms with Crippen LogP contribution in [0.25, 0.3) is 115 Å². The molecule has 0 fully saturated rings. The van der Waals surface area contributed by atoms with E-state index in [1.165, 1.54) is 36.7 Å². The quantitative estimate of drug-likeness (QED) is 0.176. The van der Waals surface area contributed by atoms with Gasteiger partial charge in [-0.25, -0.2) is 15.0 Å². The minimum absolute atomic E-state index is 0.591. The smallest absolute Gasteiger partial charge is 0.164 e. The second-order valence-corrected chi connectivity index (χ2v) is 15.5. The molecule has 0 saturated heterocycles. The van der Waals surface area contributed by atoms with Crippen molar-refractivity contribution in [1.29, 1.82) is 0 Å². The maximum absolute atomic E-state index is 6.31. The van der Waals surface area contributed by atoms with Gasteiger partial charge in [0.1, 0.15) is 11.2 Å². The summed E-state index contributed by atoms with van der Waals surface area (Å²) >= 11 is 1.79. The summed E-state index contributed by atoms with van der Waals surface area (Å²) in [5.74, 6) is 1.83. The molecule has 4 heterocycles. The third-order valence-electron chi connectivity index (χ3n) is 11.1. The molecule has 0 N–H and O–H groups in total. The number of fused-ring (bicyclic) bond motifs is 9. The number of hydrogen-bond acceptors (Lipinski definition) is 5. The van der Waals surface area contributed by atoms with Gasteiger partial charge in [0.25, 0.3) is 0 Å². The van der Waals surface area contributed by atoms with Crippen LogP contribution in [0.1, 0.15) is 0 Å². The molecule has 5 nitrogen and oxygen atoms in total. The summed E-state index contributed by atoms with van der Waals surface area (Å²) in [6.45, 7) is 0. The highest BCUT2D eigenvalue weighted by Gasteiger charge is 2.19. The molecule has 0 bridgehead atoms. The zero-order valence-corrected chi connectivity index (χ0v) is 31.2. The zero-order valence-electron chi connectivity index (χ0n) is 30.4. The van der Waals surface area contributed by atoms with E-state index < -0.39 is 0 Å². The van der Waals surface area contributed by atoms with E-state index in [0.717, 1.165) is 60.7 Å². The van der Waals surface area contributed by atoms with Crippen LogP contribution in [0.2, 0.25) is 0 Å². The molecule has 0 radical (unpaired) electrons. The molecule has 4 aromatic heterocycles. The Balaban J connectivity index is 1.04. The first-order valence-corrected chi connectivity index (χ1v) is 19.8. The topological polar surface area (TPSA) is 56.7 Å². The Morgan fingerprint density at radius 3 is 1.89 bits per heavy atom. The maximum atomic E-state index is 6.31. The summed E-state index contributed by atoms with van der Waals surface area (Å²) in [6.07, 6.45) is 0. The molecule has 0 atom stereocenters. The SMILES string of the molecule is c1ccc(-c2ccc3c4ccccc4n(-c4ccc(-c5nc(-c6ccc7c(c6)oc6ccccc67)nc(-c6cccc7sc8ccccc8c67)n5)cc4)c3c2)cc1. The Bertz CT molecular complexity index is 3520. The summed E-state index contributed by atoms with van der Waals surface area (Å²) < 4.78 is 11.1. The van der Waals surface area contributed by atoms with Gasteiger partial charge >= 0.3 is 0 Å². The van der Waals surface area contributed by atoms with Gasteiger partial charge in [0.15, 0.2) is 17.5 Å². The van der Waals surface area contributed by atoms with Crippen LogP contribution in [0.4, 0.5) is 0 Å². The lowest BCUT2D eigenvalue weighted by Crippen LogP contribution is -2.01. The van der Waals surface area contributed by atoms with Crippen LogP contribution in [0.3, 0.4) is 0 Å². The van der Waals surface area contributed by atoms with E-state index >= 15 is 0 Å². The molecule has 0 amide bonds. The van der Waals surface area contributed by atoms with Gasteiger partial charge in [0, 0.05) is 64.1 Å². The number of thiophene rings is 1. The molecule has 6 heteroatoms. The van der Waals surface area contributed by atoms with Gasteiger partial charge in [-0.05, 0) is 77.9 Å². The van der Waals surface area contributed by atoms with Crippen molar-refractivity contribution in [2.75, 3.05) is 0 Å². The molecule has 266 valence electrons. The lowest BCUT2D eigenvalue weighted by molar-refractivity contribution is 0.669. The average molecular weight is 747 g/mol. The lowest BCUT2D eigenvalue weighted by Gasteiger charge is -2.12. The van der Waals surface area contributed by atoms with Crippen molar-refractivity contribution in [3.8, 4) is 51.0 Å². The van der Waals surface area contributed by atoms with Crippen LogP contribution in [0.15, 0.2) is 186 Å². The van der Waals surface area contributed by atoms with Crippen LogP contribution in [-0.2, 0) is 0 Å². The van der Waals surface area contributed by atoms with Crippen molar-refractivity contribution in [3.63, 3.8) is 0 Å². The largest absolute Gasteiger partial charge is 0.456 e. The summed E-state index contributed by atoms with van der Waals surface area (Å²) in [5, 5.41) is 6.95. The van der Waals surface area contributed by atoms with Crippen molar-refractivity contribution in [2.45, 2.75) is 0 Å². The van der Waals surface area contributed by atoms with E-state index in [9.17, 15) is 0 Å². The number of hydrogen-bond donors (Lipinski definition) is 0. The minimum atomic E-state index is 0.591. The van der Waals surface area contributed by atoms with Crippen LogP contribution in [0.5, 0.6) is 0 Å². The predicted molar refractivity (Wildman–Crippen MR) is 236 cm³/mol. The number of aromatic nitrogens is 4. The summed E-state index contributed by atoms with van der Waals surface area (Å²) in [5.41, 5.74) is 10.2. The fourth-order valence-corrected chi connectivity index (χ4v) is 9.53. The maximum Gasteiger partial charge on any atom is 0.164 e. The number of rotatable bonds is 5. The second kappa shape index (κ2) is 12.6. The molecule has 0 aliphatic heterocycles. The molecule has 0 aliphatic carbocycles. The Kier molecular flexibility index (Phi) is 7.03. The fraction of sp³-hybridized carbons (Fsp3) is 0. The third kappa shape index (κ3) is 5.12. The van der Waals surface area contributed by atoms with Crippen molar-refractivity contribution < 1.29 is 4.42 Å². The van der Waals surface area contributed by atoms with Gasteiger partial charge in [0.05, 0.1) is 11.0 Å². The Morgan fingerprint density at radius 2 is 1.02 bits per heavy atom. The van der Waals surface area contributed by atoms with E-state index in [-0.39, 0.29) is 0 Å². The number of nitrogens with zero attached hydrogens (tertiary/aromatic N) is 4. The molecule has 0 unspecified atom stereocenters. The molecule has 0 aliphatic rings. The molecule has 0 spiro atoms. The normalized spacial score (nSPS) is 11.9. The average Bonchev–Trinajstić information content (AvgIpc) is 3.95. The number of para-hydroxylation sites is 2. The van der Waals surface area contributed by atoms with Crippen molar-refractivity contribution >= 4 is 75.3 Å². The number of furan rings is 1. The first kappa shape index (κ1) is 31.9. The predicted octanol–water partition coefficient (Wildman–Crippen LogP) is 13.9. The van der Waals surface area contributed by atoms with Crippen LogP contribution < -0.4 is 0 Å². The molecule has 0 saturated carbocycles. The van der Waals surface area contributed by atoms with Crippen LogP contribution in [-0.4, -0.2) is 19.5 Å². The van der Waals surface area contributed by atoms with E-state index in [2.05, 4.69) is 162 Å². The molecule has 12 aromatic rings. The third-order valence-corrected chi connectivity index (χ3v) is 12.2. The van der Waals surface area contributed by atoms with Gasteiger partial charge < -0.3 is 8.98 Å². The Morgan fingerprint density at radius 1 is 0.386 bits per heavy atom. The van der Waals surface area contributed by atoms with Gasteiger partial charge in [0.2, 0.25) is 0 Å². The van der Waals surface area contributed by atoms with Gasteiger partial charge in [-0.2, -0.15) is 0 Å². The second-order valence-electron chi connectivity index (χ2n) is 14.4. The lowest BCUT2D eigenvalue weighted by atomic mass is 10.0. The Hall–Kier alpha value is -7.41. The van der Waals surface area contributed by atoms with E-state index in [4.69, 9.17) is 19.4 Å². The zero-order chi connectivity index (χ0) is 37.5. The van der Waals surface area contributed by atoms with Gasteiger partial charge in [-0.3, -0.25) is 0 Å². The summed E-state index contributed by atoms with van der Waals surface area (Å²) in [7, 11) is 0. The highest BCUT2D eigenvalue weighted by molar-refractivity contribution is 7.25. The monoisotopic (exact) mass is 746 g/mol. The minimum Gasteiger partial charge on any atom is -0.456 e. The van der Waals surface area contributed by atoms with Gasteiger partial charge in [-0.15, -0.1) is 11.3 Å². The van der Waals surface area contributed by atoms with Crippen LogP contribution >= 0.6 is 11.3 Å². The molecule has 8 aromatic carbocycles. The fourth-order valence-electron chi connectivity index (χ4n) is 8.40. The molecular formula is C51H30N4OS. The Labute approximate surface area is 330 Å². The molecule has 57 heavy (non-hydrogen) atoms. The van der Waals surface area contributed by atoms with Crippen molar-refractivity contribution in [3.05, 3.63) is 182 Å². The first-order valence-electron chi connectivity index (χ1n) is 19.0.